The summed E-state index contributed by atoms with van der Waals surface area (Å²) in [5.41, 5.74) is 1.91. The van der Waals surface area contributed by atoms with E-state index in [1.807, 2.05) is 44.2 Å². The van der Waals surface area contributed by atoms with Crippen LogP contribution in [0.4, 0.5) is 0 Å². The van der Waals surface area contributed by atoms with E-state index >= 15 is 0 Å². The molecular weight excluding hydrogens is 282 g/mol. The Labute approximate surface area is 131 Å². The van der Waals surface area contributed by atoms with Gasteiger partial charge in [-0.25, -0.2) is 0 Å². The zero-order chi connectivity index (χ0) is 15.3. The van der Waals surface area contributed by atoms with E-state index in [1.165, 1.54) is 5.56 Å². The normalized spacial score (nSPS) is 11.2. The first-order valence-electron chi connectivity index (χ1n) is 7.04. The quantitative estimate of drug-likeness (QED) is 0.888. The summed E-state index contributed by atoms with van der Waals surface area (Å²) in [7, 11) is 0. The highest BCUT2D eigenvalue weighted by atomic mass is 35.5. The Hall–Kier alpha value is -1.80. The number of halogens is 1. The molecule has 3 heteroatoms. The summed E-state index contributed by atoms with van der Waals surface area (Å²) in [4.78, 5) is 12.2. The molecule has 2 aromatic rings. The van der Waals surface area contributed by atoms with Gasteiger partial charge in [-0.15, -0.1) is 0 Å². The molecule has 0 saturated heterocycles. The number of hydrogen-bond donors (Lipinski definition) is 1. The number of amides is 1. The first-order chi connectivity index (χ1) is 9.94. The average molecular weight is 302 g/mol. The molecular formula is C18H20ClNO. The van der Waals surface area contributed by atoms with Crippen LogP contribution >= 0.6 is 11.6 Å². The van der Waals surface area contributed by atoms with Crippen LogP contribution in [0.15, 0.2) is 54.6 Å². The molecule has 0 spiro atoms. The third-order valence-corrected chi connectivity index (χ3v) is 3.50. The molecule has 0 aliphatic carbocycles. The van der Waals surface area contributed by atoms with Gasteiger partial charge in [0.15, 0.2) is 0 Å². The fourth-order valence-electron chi connectivity index (χ4n) is 2.36. The van der Waals surface area contributed by atoms with Gasteiger partial charge in [-0.1, -0.05) is 54.1 Å². The average Bonchev–Trinajstić information content (AvgIpc) is 2.41. The lowest BCUT2D eigenvalue weighted by Crippen LogP contribution is -2.45. The van der Waals surface area contributed by atoms with Crippen molar-refractivity contribution in [3.05, 3.63) is 70.7 Å². The van der Waals surface area contributed by atoms with E-state index in [2.05, 4.69) is 17.4 Å². The number of nitrogens with one attached hydrogen (secondary N) is 1. The van der Waals surface area contributed by atoms with Crippen LogP contribution in [0.2, 0.25) is 5.02 Å². The molecule has 1 amide bonds. The molecule has 0 aliphatic heterocycles. The third-order valence-electron chi connectivity index (χ3n) is 3.24. The molecule has 0 radical (unpaired) electrons. The van der Waals surface area contributed by atoms with Gasteiger partial charge in [0.1, 0.15) is 0 Å². The minimum absolute atomic E-state index is 0.0262. The second-order valence-corrected chi connectivity index (χ2v) is 6.33. The summed E-state index contributed by atoms with van der Waals surface area (Å²) in [5.74, 6) is 0.0262. The first kappa shape index (κ1) is 15.6. The first-order valence-corrected chi connectivity index (χ1v) is 7.42. The summed E-state index contributed by atoms with van der Waals surface area (Å²) in [5, 5.41) is 3.78. The fourth-order valence-corrected chi connectivity index (χ4v) is 2.49. The van der Waals surface area contributed by atoms with E-state index < -0.39 is 0 Å². The molecule has 0 aliphatic rings. The zero-order valence-electron chi connectivity index (χ0n) is 12.4. The summed E-state index contributed by atoms with van der Waals surface area (Å²) >= 11 is 5.84. The zero-order valence-corrected chi connectivity index (χ0v) is 13.2. The highest BCUT2D eigenvalue weighted by Gasteiger charge is 2.20. The maximum Gasteiger partial charge on any atom is 0.224 e. The number of benzene rings is 2. The van der Waals surface area contributed by atoms with Gasteiger partial charge in [-0.3, -0.25) is 4.79 Å². The summed E-state index contributed by atoms with van der Waals surface area (Å²) in [6, 6.07) is 17.6. The smallest absolute Gasteiger partial charge is 0.224 e. The Morgan fingerprint density at radius 2 is 1.62 bits per heavy atom. The van der Waals surface area contributed by atoms with Crippen LogP contribution in [0.3, 0.4) is 0 Å². The van der Waals surface area contributed by atoms with Crippen LogP contribution in [0.5, 0.6) is 0 Å². The second-order valence-electron chi connectivity index (χ2n) is 5.90. The van der Waals surface area contributed by atoms with E-state index in [1.54, 1.807) is 12.1 Å². The molecule has 2 rings (SSSR count). The van der Waals surface area contributed by atoms with Crippen LogP contribution in [0.25, 0.3) is 0 Å². The lowest BCUT2D eigenvalue weighted by Gasteiger charge is -2.26. The molecule has 21 heavy (non-hydrogen) atoms. The summed E-state index contributed by atoms with van der Waals surface area (Å²) in [6.07, 6.45) is 1.18. The van der Waals surface area contributed by atoms with E-state index in [4.69, 9.17) is 11.6 Å². The van der Waals surface area contributed by atoms with E-state index in [-0.39, 0.29) is 11.4 Å². The molecule has 2 nitrogen and oxygen atoms in total. The molecule has 0 bridgehead atoms. The van der Waals surface area contributed by atoms with Crippen molar-refractivity contribution in [2.45, 2.75) is 32.2 Å². The minimum atomic E-state index is -0.273. The second kappa shape index (κ2) is 6.77. The Kier molecular flexibility index (Phi) is 5.03. The van der Waals surface area contributed by atoms with Crippen LogP contribution in [0.1, 0.15) is 25.0 Å². The molecule has 0 heterocycles. The van der Waals surface area contributed by atoms with Crippen LogP contribution in [-0.2, 0) is 17.6 Å². The fraction of sp³-hybridized carbons (Fsp3) is 0.278. The maximum absolute atomic E-state index is 12.2. The monoisotopic (exact) mass is 301 g/mol. The van der Waals surface area contributed by atoms with Crippen molar-refractivity contribution in [2.24, 2.45) is 0 Å². The topological polar surface area (TPSA) is 29.1 Å². The molecule has 110 valence electrons. The Balaban J connectivity index is 1.93. The van der Waals surface area contributed by atoms with Crippen molar-refractivity contribution in [1.29, 1.82) is 0 Å². The molecule has 0 fully saturated rings. The van der Waals surface area contributed by atoms with Gasteiger partial charge in [0.25, 0.3) is 0 Å². The van der Waals surface area contributed by atoms with E-state index in [0.717, 1.165) is 12.0 Å². The standard InChI is InChI=1S/C18H20ClNO/c1-18(2,13-15-6-4-3-5-7-15)20-17(21)12-14-8-10-16(19)11-9-14/h3-11H,12-13H2,1-2H3,(H,20,21). The van der Waals surface area contributed by atoms with Gasteiger partial charge in [0.05, 0.1) is 6.42 Å². The van der Waals surface area contributed by atoms with Crippen LogP contribution in [-0.4, -0.2) is 11.4 Å². The van der Waals surface area contributed by atoms with Gasteiger partial charge < -0.3 is 5.32 Å². The summed E-state index contributed by atoms with van der Waals surface area (Å²) < 4.78 is 0. The number of carbonyl (C=O) groups excluding carboxylic acids is 1. The molecule has 1 N–H and O–H groups in total. The van der Waals surface area contributed by atoms with Gasteiger partial charge in [0, 0.05) is 10.6 Å². The lowest BCUT2D eigenvalue weighted by molar-refractivity contribution is -0.122. The SMILES string of the molecule is CC(C)(Cc1ccccc1)NC(=O)Cc1ccc(Cl)cc1. The van der Waals surface area contributed by atoms with Gasteiger partial charge >= 0.3 is 0 Å². The van der Waals surface area contributed by atoms with Crippen molar-refractivity contribution < 1.29 is 4.79 Å². The molecule has 0 unspecified atom stereocenters. The Morgan fingerprint density at radius 3 is 2.24 bits per heavy atom. The van der Waals surface area contributed by atoms with Gasteiger partial charge in [0.2, 0.25) is 5.91 Å². The van der Waals surface area contributed by atoms with Crippen molar-refractivity contribution in [2.75, 3.05) is 0 Å². The number of carbonyl (C=O) groups is 1. The number of hydrogen-bond acceptors (Lipinski definition) is 1. The highest BCUT2D eigenvalue weighted by Crippen LogP contribution is 2.14. The Bertz CT molecular complexity index is 590. The predicted octanol–water partition coefficient (Wildman–Crippen LogP) is 4.02. The molecule has 0 saturated carbocycles. The molecule has 2 aromatic carbocycles. The van der Waals surface area contributed by atoms with Crippen LogP contribution in [0, 0.1) is 0 Å². The largest absolute Gasteiger partial charge is 0.351 e. The van der Waals surface area contributed by atoms with Crippen molar-refractivity contribution in [3.8, 4) is 0 Å². The highest BCUT2D eigenvalue weighted by molar-refractivity contribution is 6.30. The van der Waals surface area contributed by atoms with Crippen LogP contribution < -0.4 is 5.32 Å². The van der Waals surface area contributed by atoms with Gasteiger partial charge in [-0.05, 0) is 43.5 Å². The molecule has 0 atom stereocenters. The minimum Gasteiger partial charge on any atom is -0.351 e. The maximum atomic E-state index is 12.2. The predicted molar refractivity (Wildman–Crippen MR) is 87.5 cm³/mol. The van der Waals surface area contributed by atoms with Gasteiger partial charge in [-0.2, -0.15) is 0 Å². The van der Waals surface area contributed by atoms with Crippen molar-refractivity contribution >= 4 is 17.5 Å². The van der Waals surface area contributed by atoms with Crippen molar-refractivity contribution in [1.82, 2.24) is 5.32 Å². The summed E-state index contributed by atoms with van der Waals surface area (Å²) in [6.45, 7) is 4.08. The van der Waals surface area contributed by atoms with Crippen molar-refractivity contribution in [3.63, 3.8) is 0 Å². The third kappa shape index (κ3) is 5.24. The number of rotatable bonds is 5. The van der Waals surface area contributed by atoms with E-state index in [9.17, 15) is 4.79 Å². The Morgan fingerprint density at radius 1 is 1.00 bits per heavy atom. The van der Waals surface area contributed by atoms with E-state index in [0.29, 0.717) is 11.4 Å². The molecule has 0 aromatic heterocycles. The lowest BCUT2D eigenvalue weighted by atomic mass is 9.94.